The molecule has 4 aromatic rings. The van der Waals surface area contributed by atoms with Gasteiger partial charge in [-0.3, -0.25) is 4.99 Å². The highest BCUT2D eigenvalue weighted by atomic mass is 32.2. The van der Waals surface area contributed by atoms with E-state index in [1.54, 1.807) is 30.7 Å². The second-order valence-corrected chi connectivity index (χ2v) is 10.9. The molecule has 2 N–H and O–H groups in total. The van der Waals surface area contributed by atoms with Crippen LogP contribution in [0.2, 0.25) is 0 Å². The van der Waals surface area contributed by atoms with E-state index < -0.39 is 11.5 Å². The normalized spacial score (nSPS) is 24.2. The van der Waals surface area contributed by atoms with Gasteiger partial charge in [-0.15, -0.1) is 0 Å². The van der Waals surface area contributed by atoms with E-state index in [4.69, 9.17) is 14.9 Å². The van der Waals surface area contributed by atoms with Crippen molar-refractivity contribution in [2.45, 2.75) is 43.1 Å². The molecule has 0 aromatic carbocycles. The molecule has 3 atom stereocenters. The number of nitrogens with zero attached hydrogens (tertiary/aromatic N) is 6. The van der Waals surface area contributed by atoms with Crippen molar-refractivity contribution in [2.75, 3.05) is 0 Å². The quantitative estimate of drug-likeness (QED) is 0.358. The third-order valence-electron chi connectivity index (χ3n) is 7.03. The lowest BCUT2D eigenvalue weighted by Gasteiger charge is -2.33. The van der Waals surface area contributed by atoms with Gasteiger partial charge in [0.25, 0.3) is 0 Å². The Morgan fingerprint density at radius 3 is 2.97 bits per heavy atom. The number of nitriles is 1. The van der Waals surface area contributed by atoms with E-state index in [-0.39, 0.29) is 17.3 Å². The maximum Gasteiger partial charge on any atom is 0.218 e. The summed E-state index contributed by atoms with van der Waals surface area (Å²) in [7, 11) is 0. The minimum Gasteiger partial charge on any atom is -0.484 e. The summed E-state index contributed by atoms with van der Waals surface area (Å²) in [6, 6.07) is 9.45. The van der Waals surface area contributed by atoms with Gasteiger partial charge in [0.1, 0.15) is 30.0 Å². The maximum atomic E-state index is 15.1. The number of halogens is 1. The molecule has 9 nitrogen and oxygen atoms in total. The number of thioether (sulfide) groups is 1. The molecule has 0 unspecified atom stereocenters. The topological polar surface area (TPSA) is 136 Å². The minimum atomic E-state index is -0.897. The van der Waals surface area contributed by atoms with Crippen LogP contribution in [-0.4, -0.2) is 29.9 Å². The Kier molecular flexibility index (Phi) is 5.56. The van der Waals surface area contributed by atoms with E-state index in [0.29, 0.717) is 51.8 Å². The molecule has 6 rings (SSSR count). The molecule has 2 aliphatic rings. The minimum absolute atomic E-state index is 0.00430. The zero-order valence-corrected chi connectivity index (χ0v) is 20.7. The Hall–Kier alpha value is -4.04. The van der Waals surface area contributed by atoms with Crippen molar-refractivity contribution >= 4 is 28.0 Å². The summed E-state index contributed by atoms with van der Waals surface area (Å²) in [6.07, 6.45) is 7.64. The van der Waals surface area contributed by atoms with Crippen LogP contribution in [0.15, 0.2) is 58.7 Å². The molecule has 0 saturated heterocycles. The van der Waals surface area contributed by atoms with Crippen molar-refractivity contribution in [1.82, 2.24) is 19.9 Å². The molecule has 0 amide bonds. The van der Waals surface area contributed by atoms with Crippen LogP contribution in [-0.2, 0) is 18.6 Å². The molecule has 37 heavy (non-hydrogen) atoms. The van der Waals surface area contributed by atoms with Crippen LogP contribution >= 0.6 is 11.8 Å². The van der Waals surface area contributed by atoms with Crippen molar-refractivity contribution in [1.29, 1.82) is 5.26 Å². The van der Waals surface area contributed by atoms with Crippen LogP contribution in [0.5, 0.6) is 5.75 Å². The number of rotatable bonds is 7. The van der Waals surface area contributed by atoms with Crippen molar-refractivity contribution in [2.24, 2.45) is 16.6 Å². The number of amidine groups is 1. The standard InChI is InChI=1S/C26H22FN7O2S/c1-25(21-10-26(21,4-5-28)37-24(29)34-25)18-7-15(11-31-23(18)27)8-19-22-20(33-14-32-19)9-17(12-30-22)36-13-16-3-2-6-35-16/h2-3,6-7,9,11-12,14,21H,4,8,10,13H2,1H3,(H2,29,34)/t21-,25+,26-/m0/s1. The predicted octanol–water partition coefficient (Wildman–Crippen LogP) is 4.27. The molecule has 0 spiro atoms. The number of furan rings is 1. The highest BCUT2D eigenvalue weighted by molar-refractivity contribution is 8.15. The second kappa shape index (κ2) is 8.81. The van der Waals surface area contributed by atoms with Gasteiger partial charge < -0.3 is 14.9 Å². The van der Waals surface area contributed by atoms with E-state index in [9.17, 15) is 5.26 Å². The lowest BCUT2D eigenvalue weighted by molar-refractivity contribution is 0.270. The van der Waals surface area contributed by atoms with E-state index in [0.717, 1.165) is 12.0 Å². The number of nitrogens with two attached hydrogens (primary N) is 1. The molecule has 4 aromatic heterocycles. The summed E-state index contributed by atoms with van der Waals surface area (Å²) in [6.45, 7) is 2.15. The SMILES string of the molecule is C[C@]1(c2cc(Cc3ncnc4cc(OCc5ccco5)cnc34)cnc2F)N=C(N)S[C@@]2(CC#N)C[C@H]21. The highest BCUT2D eigenvalue weighted by Crippen LogP contribution is 2.67. The molecule has 5 heterocycles. The fourth-order valence-electron chi connectivity index (χ4n) is 5.13. The number of hydrogen-bond acceptors (Lipinski definition) is 10. The largest absolute Gasteiger partial charge is 0.484 e. The molecule has 1 saturated carbocycles. The second-order valence-electron chi connectivity index (χ2n) is 9.44. The number of ether oxygens (including phenoxy) is 1. The van der Waals surface area contributed by atoms with Crippen molar-refractivity contribution in [3.63, 3.8) is 0 Å². The molecule has 0 bridgehead atoms. The van der Waals surface area contributed by atoms with Gasteiger partial charge in [0.2, 0.25) is 5.95 Å². The van der Waals surface area contributed by atoms with Crippen LogP contribution < -0.4 is 10.5 Å². The first-order chi connectivity index (χ1) is 17.9. The van der Waals surface area contributed by atoms with Crippen LogP contribution in [0.4, 0.5) is 4.39 Å². The Morgan fingerprint density at radius 1 is 1.27 bits per heavy atom. The van der Waals surface area contributed by atoms with Gasteiger partial charge >= 0.3 is 0 Å². The Morgan fingerprint density at radius 2 is 2.16 bits per heavy atom. The van der Waals surface area contributed by atoms with Crippen molar-refractivity contribution in [3.05, 3.63) is 77.8 Å². The average molecular weight is 516 g/mol. The zero-order chi connectivity index (χ0) is 25.6. The van der Waals surface area contributed by atoms with E-state index in [1.165, 1.54) is 24.3 Å². The van der Waals surface area contributed by atoms with Gasteiger partial charge in [0.05, 0.1) is 41.7 Å². The summed E-state index contributed by atoms with van der Waals surface area (Å²) < 4.78 is 25.8. The van der Waals surface area contributed by atoms with Gasteiger partial charge in [-0.25, -0.2) is 19.9 Å². The molecule has 11 heteroatoms. The fourth-order valence-corrected chi connectivity index (χ4v) is 6.54. The van der Waals surface area contributed by atoms with Crippen LogP contribution in [0.1, 0.15) is 42.3 Å². The molecule has 1 aliphatic carbocycles. The third-order valence-corrected chi connectivity index (χ3v) is 8.33. The first-order valence-electron chi connectivity index (χ1n) is 11.7. The van der Waals surface area contributed by atoms with E-state index in [1.807, 2.05) is 13.0 Å². The van der Waals surface area contributed by atoms with Crippen LogP contribution in [0.25, 0.3) is 11.0 Å². The van der Waals surface area contributed by atoms with E-state index in [2.05, 4.69) is 31.0 Å². The third kappa shape index (κ3) is 4.17. The predicted molar refractivity (Wildman–Crippen MR) is 135 cm³/mol. The Bertz CT molecular complexity index is 1570. The van der Waals surface area contributed by atoms with Crippen LogP contribution in [0, 0.1) is 23.2 Å². The molecular formula is C26H22FN7O2S. The first-order valence-corrected chi connectivity index (χ1v) is 12.5. The average Bonchev–Trinajstić information content (AvgIpc) is 3.36. The van der Waals surface area contributed by atoms with Gasteiger partial charge in [-0.2, -0.15) is 9.65 Å². The summed E-state index contributed by atoms with van der Waals surface area (Å²) in [5.41, 5.74) is 8.30. The summed E-state index contributed by atoms with van der Waals surface area (Å²) in [4.78, 5) is 22.0. The monoisotopic (exact) mass is 515 g/mol. The number of pyridine rings is 2. The number of hydrogen-bond donors (Lipinski definition) is 1. The van der Waals surface area contributed by atoms with Gasteiger partial charge in [0.15, 0.2) is 5.17 Å². The number of fused-ring (bicyclic) bond motifs is 2. The number of aliphatic imine (C=N–C) groups is 1. The number of aromatic nitrogens is 4. The van der Waals surface area contributed by atoms with Gasteiger partial charge in [-0.05, 0) is 37.1 Å². The van der Waals surface area contributed by atoms with Crippen molar-refractivity contribution < 1.29 is 13.5 Å². The molecule has 0 radical (unpaired) electrons. The summed E-state index contributed by atoms with van der Waals surface area (Å²) in [5, 5.41) is 9.68. The first kappa shape index (κ1) is 23.4. The molecular weight excluding hydrogens is 493 g/mol. The smallest absolute Gasteiger partial charge is 0.218 e. The maximum absolute atomic E-state index is 15.1. The zero-order valence-electron chi connectivity index (χ0n) is 19.9. The Balaban J connectivity index is 1.29. The highest BCUT2D eigenvalue weighted by Gasteiger charge is 2.66. The van der Waals surface area contributed by atoms with Crippen molar-refractivity contribution in [3.8, 4) is 11.8 Å². The van der Waals surface area contributed by atoms with Gasteiger partial charge in [0, 0.05) is 34.9 Å². The Labute approximate surface area is 216 Å². The molecule has 1 aliphatic heterocycles. The lowest BCUT2D eigenvalue weighted by atomic mass is 9.85. The summed E-state index contributed by atoms with van der Waals surface area (Å²) in [5.74, 6) is 0.680. The van der Waals surface area contributed by atoms with Crippen LogP contribution in [0.3, 0.4) is 0 Å². The van der Waals surface area contributed by atoms with Gasteiger partial charge in [-0.1, -0.05) is 11.8 Å². The van der Waals surface area contributed by atoms with E-state index >= 15 is 4.39 Å². The fraction of sp³-hybridized carbons (Fsp3) is 0.308. The molecule has 186 valence electrons. The molecule has 1 fully saturated rings. The summed E-state index contributed by atoms with van der Waals surface area (Å²) >= 11 is 1.42. The lowest BCUT2D eigenvalue weighted by Crippen LogP contribution is -2.36.